The molecule has 3 N–H and O–H groups in total. The molecule has 102 valence electrons. The highest BCUT2D eigenvalue weighted by molar-refractivity contribution is 7.99. The predicted octanol–water partition coefficient (Wildman–Crippen LogP) is 1.91. The third-order valence-corrected chi connectivity index (χ3v) is 4.76. The molecule has 2 atom stereocenters. The number of thioether (sulfide) groups is 1. The van der Waals surface area contributed by atoms with Gasteiger partial charge in [0.05, 0.1) is 12.3 Å². The highest BCUT2D eigenvalue weighted by Gasteiger charge is 2.15. The highest BCUT2D eigenvalue weighted by atomic mass is 32.2. The lowest BCUT2D eigenvalue weighted by atomic mass is 10.2. The van der Waals surface area contributed by atoms with Crippen LogP contribution in [0.4, 0.5) is 5.69 Å². The number of hydrogen-bond donors (Lipinski definition) is 3. The lowest BCUT2D eigenvalue weighted by molar-refractivity contribution is -0.114. The van der Waals surface area contributed by atoms with Gasteiger partial charge < -0.3 is 15.7 Å². The second kappa shape index (κ2) is 7.78. The summed E-state index contributed by atoms with van der Waals surface area (Å²) < 4.78 is 0. The van der Waals surface area contributed by atoms with Crippen LogP contribution in [0.2, 0.25) is 0 Å². The maximum atomic E-state index is 11.0. The van der Waals surface area contributed by atoms with Gasteiger partial charge in [0.25, 0.3) is 0 Å². The summed E-state index contributed by atoms with van der Waals surface area (Å²) in [6, 6.07) is 2.13. The van der Waals surface area contributed by atoms with Crippen molar-refractivity contribution in [2.45, 2.75) is 31.7 Å². The van der Waals surface area contributed by atoms with Crippen molar-refractivity contribution >= 4 is 34.7 Å². The summed E-state index contributed by atoms with van der Waals surface area (Å²) in [7, 11) is 0. The van der Waals surface area contributed by atoms with Crippen molar-refractivity contribution in [1.82, 2.24) is 5.32 Å². The molecule has 2 unspecified atom stereocenters. The van der Waals surface area contributed by atoms with Gasteiger partial charge in [0.1, 0.15) is 0 Å². The second-order valence-electron chi connectivity index (χ2n) is 4.06. The maximum absolute atomic E-state index is 11.0. The van der Waals surface area contributed by atoms with Crippen LogP contribution >= 0.6 is 23.1 Å². The highest BCUT2D eigenvalue weighted by Crippen LogP contribution is 2.22. The van der Waals surface area contributed by atoms with Gasteiger partial charge in [0, 0.05) is 29.6 Å². The number of amides is 1. The van der Waals surface area contributed by atoms with E-state index in [1.807, 2.05) is 17.7 Å². The zero-order valence-corrected chi connectivity index (χ0v) is 12.5. The molecule has 0 radical (unpaired) electrons. The normalized spacial score (nSPS) is 14.2. The molecule has 0 saturated carbocycles. The number of carbonyl (C=O) groups is 1. The molecule has 0 aliphatic carbocycles. The monoisotopic (exact) mass is 288 g/mol. The van der Waals surface area contributed by atoms with Gasteiger partial charge in [0.15, 0.2) is 0 Å². The predicted molar refractivity (Wildman–Crippen MR) is 79.3 cm³/mol. The Kier molecular flexibility index (Phi) is 6.70. The van der Waals surface area contributed by atoms with Crippen LogP contribution in [0.25, 0.3) is 0 Å². The van der Waals surface area contributed by atoms with Gasteiger partial charge in [0.2, 0.25) is 5.91 Å². The first kappa shape index (κ1) is 15.5. The molecule has 0 spiro atoms. The molecule has 1 aromatic heterocycles. The minimum Gasteiger partial charge on any atom is -0.395 e. The van der Waals surface area contributed by atoms with Crippen molar-refractivity contribution < 1.29 is 9.90 Å². The van der Waals surface area contributed by atoms with E-state index in [4.69, 9.17) is 0 Å². The molecule has 0 aliphatic rings. The molecule has 4 nitrogen and oxygen atoms in total. The Morgan fingerprint density at radius 3 is 2.89 bits per heavy atom. The van der Waals surface area contributed by atoms with Crippen molar-refractivity contribution in [3.8, 4) is 0 Å². The first-order valence-corrected chi connectivity index (χ1v) is 7.96. The summed E-state index contributed by atoms with van der Waals surface area (Å²) >= 11 is 3.27. The van der Waals surface area contributed by atoms with Crippen molar-refractivity contribution in [1.29, 1.82) is 0 Å². The molecule has 0 saturated heterocycles. The molecule has 0 aliphatic heterocycles. The Bertz CT molecular complexity index is 378. The average Bonchev–Trinajstić information content (AvgIpc) is 2.74. The van der Waals surface area contributed by atoms with Gasteiger partial charge in [-0.05, 0) is 24.6 Å². The third-order valence-electron chi connectivity index (χ3n) is 2.68. The first-order chi connectivity index (χ1) is 8.58. The van der Waals surface area contributed by atoms with Crippen molar-refractivity contribution in [2.75, 3.05) is 18.2 Å². The Morgan fingerprint density at radius 1 is 1.61 bits per heavy atom. The van der Waals surface area contributed by atoms with Crippen LogP contribution in [0.15, 0.2) is 11.4 Å². The fourth-order valence-electron chi connectivity index (χ4n) is 1.60. The van der Waals surface area contributed by atoms with Gasteiger partial charge >= 0.3 is 0 Å². The summed E-state index contributed by atoms with van der Waals surface area (Å²) in [5.74, 6) is -0.0555. The maximum Gasteiger partial charge on any atom is 0.221 e. The number of aliphatic hydroxyl groups is 1. The Morgan fingerprint density at radius 2 is 2.33 bits per heavy atom. The van der Waals surface area contributed by atoms with E-state index in [-0.39, 0.29) is 23.8 Å². The summed E-state index contributed by atoms with van der Waals surface area (Å²) in [6.07, 6.45) is 1.99. The van der Waals surface area contributed by atoms with E-state index in [1.165, 1.54) is 6.92 Å². The quantitative estimate of drug-likeness (QED) is 0.717. The van der Waals surface area contributed by atoms with Crippen LogP contribution in [0.3, 0.4) is 0 Å². The summed E-state index contributed by atoms with van der Waals surface area (Å²) in [5.41, 5.74) is 0.872. The standard InChI is InChI=1S/C12H20N2O2S2/c1-8(12(7-15)17-3)13-6-11-10(4-5-18-11)14-9(2)16/h4-5,8,12-13,15H,6-7H2,1-3H3,(H,14,16). The molecular weight excluding hydrogens is 268 g/mol. The molecule has 6 heteroatoms. The van der Waals surface area contributed by atoms with E-state index in [2.05, 4.69) is 17.6 Å². The number of nitrogens with one attached hydrogen (secondary N) is 2. The Hall–Kier alpha value is -0.560. The lowest BCUT2D eigenvalue weighted by Gasteiger charge is -2.21. The zero-order chi connectivity index (χ0) is 13.5. The molecule has 18 heavy (non-hydrogen) atoms. The van der Waals surface area contributed by atoms with Crippen LogP contribution in [-0.2, 0) is 11.3 Å². The van der Waals surface area contributed by atoms with Crippen molar-refractivity contribution in [2.24, 2.45) is 0 Å². The van der Waals surface area contributed by atoms with Crippen LogP contribution in [0, 0.1) is 0 Å². The van der Waals surface area contributed by atoms with E-state index >= 15 is 0 Å². The molecule has 0 bridgehead atoms. The number of carbonyl (C=O) groups excluding carboxylic acids is 1. The number of hydrogen-bond acceptors (Lipinski definition) is 5. The van der Waals surface area contributed by atoms with Gasteiger partial charge in [-0.15, -0.1) is 11.3 Å². The largest absolute Gasteiger partial charge is 0.395 e. The van der Waals surface area contributed by atoms with Gasteiger partial charge in [-0.25, -0.2) is 0 Å². The smallest absolute Gasteiger partial charge is 0.221 e. The number of thiophene rings is 1. The summed E-state index contributed by atoms with van der Waals surface area (Å²) in [5, 5.41) is 17.6. The van der Waals surface area contributed by atoms with E-state index in [1.54, 1.807) is 23.1 Å². The Balaban J connectivity index is 2.52. The van der Waals surface area contributed by atoms with Gasteiger partial charge in [-0.2, -0.15) is 11.8 Å². The Labute approximate surface area is 116 Å². The van der Waals surface area contributed by atoms with Crippen molar-refractivity contribution in [3.63, 3.8) is 0 Å². The SMILES string of the molecule is CSC(CO)C(C)NCc1sccc1NC(C)=O. The van der Waals surface area contributed by atoms with Crippen molar-refractivity contribution in [3.05, 3.63) is 16.3 Å². The van der Waals surface area contributed by atoms with E-state index in [9.17, 15) is 9.90 Å². The van der Waals surface area contributed by atoms with Crippen LogP contribution in [0.5, 0.6) is 0 Å². The fraction of sp³-hybridized carbons (Fsp3) is 0.583. The molecule has 0 aromatic carbocycles. The molecule has 1 amide bonds. The van der Waals surface area contributed by atoms with Crippen LogP contribution < -0.4 is 10.6 Å². The minimum atomic E-state index is -0.0555. The van der Waals surface area contributed by atoms with Crippen LogP contribution in [0.1, 0.15) is 18.7 Å². The summed E-state index contributed by atoms with van der Waals surface area (Å²) in [4.78, 5) is 12.1. The third kappa shape index (κ3) is 4.61. The lowest BCUT2D eigenvalue weighted by Crippen LogP contribution is -2.37. The first-order valence-electron chi connectivity index (χ1n) is 5.79. The topological polar surface area (TPSA) is 61.4 Å². The van der Waals surface area contributed by atoms with E-state index in [0.717, 1.165) is 10.6 Å². The molecule has 0 fully saturated rings. The van der Waals surface area contributed by atoms with Crippen LogP contribution in [-0.4, -0.2) is 35.2 Å². The van der Waals surface area contributed by atoms with E-state index in [0.29, 0.717) is 6.54 Å². The zero-order valence-electron chi connectivity index (χ0n) is 10.9. The number of aliphatic hydroxyl groups excluding tert-OH is 1. The van der Waals surface area contributed by atoms with Gasteiger partial charge in [-0.3, -0.25) is 4.79 Å². The fourth-order valence-corrected chi connectivity index (χ4v) is 3.04. The van der Waals surface area contributed by atoms with Gasteiger partial charge in [-0.1, -0.05) is 0 Å². The molecular formula is C12H20N2O2S2. The minimum absolute atomic E-state index is 0.0555. The molecule has 1 aromatic rings. The number of anilines is 1. The number of rotatable bonds is 7. The molecule has 1 heterocycles. The summed E-state index contributed by atoms with van der Waals surface area (Å²) in [6.45, 7) is 4.43. The van der Waals surface area contributed by atoms with E-state index < -0.39 is 0 Å². The molecule has 1 rings (SSSR count). The average molecular weight is 288 g/mol. The second-order valence-corrected chi connectivity index (χ2v) is 6.14.